The van der Waals surface area contributed by atoms with Crippen LogP contribution < -0.4 is 5.73 Å². The van der Waals surface area contributed by atoms with Crippen LogP contribution in [0.3, 0.4) is 0 Å². The summed E-state index contributed by atoms with van der Waals surface area (Å²) in [6.07, 6.45) is -0.897. The van der Waals surface area contributed by atoms with Crippen molar-refractivity contribution in [3.63, 3.8) is 0 Å². The summed E-state index contributed by atoms with van der Waals surface area (Å²) in [6, 6.07) is 11.3. The molecule has 0 aliphatic carbocycles. The molecule has 0 saturated carbocycles. The maximum atomic E-state index is 13.1. The van der Waals surface area contributed by atoms with Crippen molar-refractivity contribution in [1.82, 2.24) is 0 Å². The minimum atomic E-state index is -0.897. The summed E-state index contributed by atoms with van der Waals surface area (Å²) >= 11 is 0. The third-order valence-corrected chi connectivity index (χ3v) is 2.70. The number of aryl methyl sites for hydroxylation is 1. The van der Waals surface area contributed by atoms with Gasteiger partial charge in [0.2, 0.25) is 0 Å². The molecule has 0 aliphatic rings. The first-order valence-electron chi connectivity index (χ1n) is 5.37. The van der Waals surface area contributed by atoms with Gasteiger partial charge in [0.25, 0.3) is 0 Å². The Hall–Kier alpha value is -1.87. The Morgan fingerprint density at radius 3 is 2.59 bits per heavy atom. The zero-order valence-corrected chi connectivity index (χ0v) is 9.52. The number of halogens is 1. The highest BCUT2D eigenvalue weighted by molar-refractivity contribution is 5.52. The van der Waals surface area contributed by atoms with E-state index in [1.54, 1.807) is 24.3 Å². The first-order chi connectivity index (χ1) is 8.08. The molecule has 2 rings (SSSR count). The Morgan fingerprint density at radius 1 is 1.18 bits per heavy atom. The van der Waals surface area contributed by atoms with Gasteiger partial charge in [-0.1, -0.05) is 24.3 Å². The van der Waals surface area contributed by atoms with Crippen molar-refractivity contribution < 1.29 is 9.50 Å². The van der Waals surface area contributed by atoms with Gasteiger partial charge in [0.1, 0.15) is 11.9 Å². The van der Waals surface area contributed by atoms with E-state index >= 15 is 0 Å². The van der Waals surface area contributed by atoms with Gasteiger partial charge >= 0.3 is 0 Å². The molecule has 3 N–H and O–H groups in total. The number of aliphatic hydroxyl groups excluding tert-OH is 1. The van der Waals surface area contributed by atoms with Crippen LogP contribution >= 0.6 is 0 Å². The quantitative estimate of drug-likeness (QED) is 0.781. The number of nitrogens with two attached hydrogens (primary N) is 1. The molecule has 0 bridgehead atoms. The third-order valence-electron chi connectivity index (χ3n) is 2.70. The van der Waals surface area contributed by atoms with Crippen LogP contribution in [0.1, 0.15) is 22.8 Å². The highest BCUT2D eigenvalue weighted by atomic mass is 19.1. The van der Waals surface area contributed by atoms with E-state index in [1.807, 2.05) is 13.0 Å². The standard InChI is InChI=1S/C14H14FNO/c1-9-5-6-12(13(16)7-9)14(17)10-3-2-4-11(15)8-10/h2-8,14,17H,16H2,1H3. The predicted octanol–water partition coefficient (Wildman–Crippen LogP) is 2.80. The maximum Gasteiger partial charge on any atom is 0.123 e. The van der Waals surface area contributed by atoms with Crippen LogP contribution in [0.5, 0.6) is 0 Å². The van der Waals surface area contributed by atoms with Crippen molar-refractivity contribution in [3.05, 3.63) is 65.0 Å². The Morgan fingerprint density at radius 2 is 1.94 bits per heavy atom. The van der Waals surface area contributed by atoms with Crippen LogP contribution in [-0.2, 0) is 0 Å². The zero-order chi connectivity index (χ0) is 12.4. The molecule has 0 spiro atoms. The molecular weight excluding hydrogens is 217 g/mol. The minimum Gasteiger partial charge on any atom is -0.398 e. The van der Waals surface area contributed by atoms with E-state index in [4.69, 9.17) is 5.73 Å². The summed E-state index contributed by atoms with van der Waals surface area (Å²) < 4.78 is 13.1. The van der Waals surface area contributed by atoms with E-state index < -0.39 is 6.10 Å². The fourth-order valence-corrected chi connectivity index (χ4v) is 1.80. The number of benzene rings is 2. The van der Waals surface area contributed by atoms with Crippen molar-refractivity contribution in [1.29, 1.82) is 0 Å². The molecule has 0 aliphatic heterocycles. The van der Waals surface area contributed by atoms with E-state index in [1.165, 1.54) is 12.1 Å². The van der Waals surface area contributed by atoms with E-state index in [2.05, 4.69) is 0 Å². The Labute approximate surface area is 99.5 Å². The molecule has 17 heavy (non-hydrogen) atoms. The minimum absolute atomic E-state index is 0.368. The monoisotopic (exact) mass is 231 g/mol. The second-order valence-corrected chi connectivity index (χ2v) is 4.09. The number of rotatable bonds is 2. The third kappa shape index (κ3) is 2.45. The van der Waals surface area contributed by atoms with Crippen LogP contribution in [0.2, 0.25) is 0 Å². The second kappa shape index (κ2) is 4.55. The normalized spacial score (nSPS) is 12.4. The molecule has 0 saturated heterocycles. The summed E-state index contributed by atoms with van der Waals surface area (Å²) in [7, 11) is 0. The highest BCUT2D eigenvalue weighted by Gasteiger charge is 2.13. The summed E-state index contributed by atoms with van der Waals surface area (Å²) in [5.41, 5.74) is 8.48. The van der Waals surface area contributed by atoms with Gasteiger partial charge in [-0.3, -0.25) is 0 Å². The first kappa shape index (κ1) is 11.6. The number of aliphatic hydroxyl groups is 1. The van der Waals surface area contributed by atoms with Crippen molar-refractivity contribution in [2.45, 2.75) is 13.0 Å². The van der Waals surface area contributed by atoms with Gasteiger partial charge in [-0.25, -0.2) is 4.39 Å². The Bertz CT molecular complexity index is 539. The van der Waals surface area contributed by atoms with Crippen molar-refractivity contribution >= 4 is 5.69 Å². The fourth-order valence-electron chi connectivity index (χ4n) is 1.80. The molecule has 3 heteroatoms. The lowest BCUT2D eigenvalue weighted by Gasteiger charge is -2.14. The van der Waals surface area contributed by atoms with Gasteiger partial charge in [0.05, 0.1) is 0 Å². The summed E-state index contributed by atoms with van der Waals surface area (Å²) in [6.45, 7) is 1.93. The number of nitrogen functional groups attached to an aromatic ring is 1. The number of hydrogen-bond acceptors (Lipinski definition) is 2. The van der Waals surface area contributed by atoms with Gasteiger partial charge in [-0.2, -0.15) is 0 Å². The van der Waals surface area contributed by atoms with Crippen LogP contribution in [0.25, 0.3) is 0 Å². The van der Waals surface area contributed by atoms with Crippen molar-refractivity contribution in [2.24, 2.45) is 0 Å². The highest BCUT2D eigenvalue weighted by Crippen LogP contribution is 2.27. The van der Waals surface area contributed by atoms with Gasteiger partial charge in [0, 0.05) is 11.3 Å². The average Bonchev–Trinajstić information content (AvgIpc) is 2.28. The molecule has 88 valence electrons. The lowest BCUT2D eigenvalue weighted by Crippen LogP contribution is -2.04. The molecule has 0 radical (unpaired) electrons. The first-order valence-corrected chi connectivity index (χ1v) is 5.37. The Balaban J connectivity index is 2.40. The summed E-state index contributed by atoms with van der Waals surface area (Å²) in [4.78, 5) is 0. The van der Waals surface area contributed by atoms with Crippen molar-refractivity contribution in [3.8, 4) is 0 Å². The summed E-state index contributed by atoms with van der Waals surface area (Å²) in [5.74, 6) is -0.368. The predicted molar refractivity (Wildman–Crippen MR) is 66.1 cm³/mol. The van der Waals surface area contributed by atoms with Crippen molar-refractivity contribution in [2.75, 3.05) is 5.73 Å². The summed E-state index contributed by atoms with van der Waals surface area (Å²) in [5, 5.41) is 10.1. The molecule has 2 aromatic carbocycles. The average molecular weight is 231 g/mol. The molecule has 0 aromatic heterocycles. The maximum absolute atomic E-state index is 13.1. The zero-order valence-electron chi connectivity index (χ0n) is 9.52. The molecule has 0 heterocycles. The second-order valence-electron chi connectivity index (χ2n) is 4.09. The molecular formula is C14H14FNO. The molecule has 2 nitrogen and oxygen atoms in total. The number of hydrogen-bond donors (Lipinski definition) is 2. The van der Waals surface area contributed by atoms with E-state index in [0.717, 1.165) is 5.56 Å². The van der Waals surface area contributed by atoms with Crippen LogP contribution in [0, 0.1) is 12.7 Å². The fraction of sp³-hybridized carbons (Fsp3) is 0.143. The van der Waals surface area contributed by atoms with Crippen LogP contribution in [-0.4, -0.2) is 5.11 Å². The number of anilines is 1. The van der Waals surface area contributed by atoms with E-state index in [0.29, 0.717) is 16.8 Å². The van der Waals surface area contributed by atoms with Gasteiger partial charge in [-0.15, -0.1) is 0 Å². The Kier molecular flexibility index (Phi) is 3.11. The SMILES string of the molecule is Cc1ccc(C(O)c2cccc(F)c2)c(N)c1. The van der Waals surface area contributed by atoms with Gasteiger partial charge < -0.3 is 10.8 Å². The van der Waals surface area contributed by atoms with E-state index in [-0.39, 0.29) is 5.82 Å². The van der Waals surface area contributed by atoms with Gasteiger partial charge in [0.15, 0.2) is 0 Å². The van der Waals surface area contributed by atoms with Crippen LogP contribution in [0.4, 0.5) is 10.1 Å². The largest absolute Gasteiger partial charge is 0.398 e. The lowest BCUT2D eigenvalue weighted by molar-refractivity contribution is 0.220. The van der Waals surface area contributed by atoms with E-state index in [9.17, 15) is 9.50 Å². The topological polar surface area (TPSA) is 46.2 Å². The molecule has 1 atom stereocenters. The van der Waals surface area contributed by atoms with Crippen LogP contribution in [0.15, 0.2) is 42.5 Å². The smallest absolute Gasteiger partial charge is 0.123 e. The lowest BCUT2D eigenvalue weighted by atomic mass is 9.99. The molecule has 1 unspecified atom stereocenters. The molecule has 0 amide bonds. The molecule has 0 fully saturated rings. The molecule has 2 aromatic rings. The van der Waals surface area contributed by atoms with Gasteiger partial charge in [-0.05, 0) is 36.2 Å².